The van der Waals surface area contributed by atoms with Gasteiger partial charge in [0.2, 0.25) is 0 Å². The molecule has 1 heterocycles. The van der Waals surface area contributed by atoms with Crippen molar-refractivity contribution in [2.24, 2.45) is 0 Å². The van der Waals surface area contributed by atoms with Crippen LogP contribution in [0, 0.1) is 0 Å². The zero-order chi connectivity index (χ0) is 27.5. The summed E-state index contributed by atoms with van der Waals surface area (Å²) >= 11 is 7.40. The molecule has 13 heteroatoms. The maximum atomic E-state index is 7.13. The number of hydrogen-bond acceptors (Lipinski definition) is 10. The van der Waals surface area contributed by atoms with Gasteiger partial charge in [0.05, 0.1) is 52.9 Å². The Morgan fingerprint density at radius 1 is 0.436 bits per heavy atom. The van der Waals surface area contributed by atoms with Gasteiger partial charge in [-0.15, -0.1) is 0 Å². The van der Waals surface area contributed by atoms with Crippen molar-refractivity contribution in [2.75, 3.05) is 79.3 Å². The van der Waals surface area contributed by atoms with Gasteiger partial charge < -0.3 is 48.7 Å². The molecule has 2 aromatic carbocycles. The molecule has 0 N–H and O–H groups in total. The van der Waals surface area contributed by atoms with Crippen LogP contribution in [-0.4, -0.2) is 138 Å². The summed E-state index contributed by atoms with van der Waals surface area (Å²) in [7, 11) is 0. The average Bonchev–Trinajstić information content (AvgIpc) is 2.92. The van der Waals surface area contributed by atoms with Gasteiger partial charge in [-0.2, -0.15) is 10.3 Å². The summed E-state index contributed by atoms with van der Waals surface area (Å²) in [5.74, 6) is 2.73. The topological polar surface area (TPSA) is 118 Å². The second kappa shape index (κ2) is 28.2. The van der Waals surface area contributed by atoms with Crippen LogP contribution in [0.1, 0.15) is 0 Å². The minimum absolute atomic E-state index is 0. The van der Waals surface area contributed by atoms with Crippen LogP contribution in [0.4, 0.5) is 0 Å². The maximum absolute atomic E-state index is 7.13. The Morgan fingerprint density at radius 3 is 0.821 bits per heavy atom. The molecule has 3 rings (SSSR count). The number of hydrogen-bond donors (Lipinski definition) is 0. The van der Waals surface area contributed by atoms with Crippen LogP contribution in [0.5, 0.6) is 23.0 Å². The van der Waals surface area contributed by atoms with Crippen LogP contribution in [-0.2, 0) is 18.9 Å². The number of para-hydroxylation sites is 4. The van der Waals surface area contributed by atoms with Crippen molar-refractivity contribution in [2.45, 2.75) is 0 Å². The molecule has 1 aliphatic rings. The fraction of sp³-hybridized carbons (Fsp3) is 0.462. The Hall–Kier alpha value is -1.35. The van der Waals surface area contributed by atoms with Gasteiger partial charge in [-0.25, -0.2) is 0 Å². The van der Waals surface area contributed by atoms with Crippen molar-refractivity contribution in [3.05, 3.63) is 59.3 Å². The van der Waals surface area contributed by atoms with Crippen LogP contribution in [0.3, 0.4) is 0 Å². The maximum Gasteiger partial charge on any atom is 2.00 e. The number of benzene rings is 2. The van der Waals surface area contributed by atoms with E-state index in [2.05, 4.69) is 24.4 Å². The SMILES string of the molecule is [Ba+2].[N-]=C=S.[N-]=C=S.c1ccc2c(c1)OCCOCCOCCOc1ccccc1OCCOCCOCCO2. The molecule has 0 saturated carbocycles. The predicted octanol–water partition coefficient (Wildman–Crippen LogP) is 3.92. The molecule has 0 fully saturated rings. The largest absolute Gasteiger partial charge is 2.00 e. The third-order valence-corrected chi connectivity index (χ3v) is 4.38. The number of ether oxygens (including phenoxy) is 8. The zero-order valence-corrected chi connectivity index (χ0v) is 27.9. The molecule has 10 nitrogen and oxygen atoms in total. The molecule has 2 aromatic rings. The summed E-state index contributed by atoms with van der Waals surface area (Å²) in [5, 5.41) is 16.9. The molecule has 208 valence electrons. The number of fused-ring (bicyclic) bond motifs is 2. The molecule has 0 bridgehead atoms. The van der Waals surface area contributed by atoms with Crippen LogP contribution in [0.2, 0.25) is 0 Å². The fourth-order valence-electron chi connectivity index (χ4n) is 2.86. The predicted molar refractivity (Wildman–Crippen MR) is 156 cm³/mol. The van der Waals surface area contributed by atoms with Crippen LogP contribution < -0.4 is 18.9 Å². The Labute approximate surface area is 280 Å². The van der Waals surface area contributed by atoms with Crippen LogP contribution in [0.25, 0.3) is 10.8 Å². The first-order valence-electron chi connectivity index (χ1n) is 11.8. The first kappa shape index (κ1) is 37.7. The first-order chi connectivity index (χ1) is 18.8. The molecular formula is C26H32BaN2O8S2. The van der Waals surface area contributed by atoms with Crippen molar-refractivity contribution in [3.63, 3.8) is 0 Å². The second-order valence-corrected chi connectivity index (χ2v) is 7.28. The molecule has 1 aliphatic heterocycles. The van der Waals surface area contributed by atoms with Crippen molar-refractivity contribution in [3.8, 4) is 23.0 Å². The van der Waals surface area contributed by atoms with E-state index in [-0.39, 0.29) is 48.9 Å². The van der Waals surface area contributed by atoms with E-state index in [1.807, 2.05) is 48.5 Å². The third-order valence-electron chi connectivity index (χ3n) is 4.38. The quantitative estimate of drug-likeness (QED) is 0.227. The molecule has 0 amide bonds. The standard InChI is InChI=1S/C24H32O8.2CNS.Ba/c1-2-6-22-21(5-1)29-17-13-25-9-10-27-15-19-31-23-7-3-4-8-24(23)32-20-16-28-12-11-26-14-18-30-22;2*2-1-3;/h1-8H,9-20H2;;;/q;2*-1;+2. The molecule has 0 atom stereocenters. The summed E-state index contributed by atoms with van der Waals surface area (Å²) in [4.78, 5) is 0. The monoisotopic (exact) mass is 702 g/mol. The summed E-state index contributed by atoms with van der Waals surface area (Å²) in [5.41, 5.74) is 0. The van der Waals surface area contributed by atoms with E-state index in [4.69, 9.17) is 48.7 Å². The van der Waals surface area contributed by atoms with E-state index in [0.717, 1.165) is 0 Å². The fourth-order valence-corrected chi connectivity index (χ4v) is 2.86. The molecule has 0 aromatic heterocycles. The number of thiocarbonyl (C=S) groups is 2. The van der Waals surface area contributed by atoms with E-state index in [1.165, 1.54) is 10.3 Å². The van der Waals surface area contributed by atoms with Gasteiger partial charge in [-0.1, -0.05) is 48.7 Å². The van der Waals surface area contributed by atoms with E-state index in [0.29, 0.717) is 102 Å². The van der Waals surface area contributed by atoms with E-state index in [1.54, 1.807) is 0 Å². The van der Waals surface area contributed by atoms with Gasteiger partial charge in [0.1, 0.15) is 26.4 Å². The van der Waals surface area contributed by atoms with Gasteiger partial charge in [0, 0.05) is 0 Å². The van der Waals surface area contributed by atoms with Gasteiger partial charge >= 0.3 is 48.9 Å². The van der Waals surface area contributed by atoms with Crippen molar-refractivity contribution >= 4 is 83.6 Å². The Balaban J connectivity index is 0.00000189. The first-order valence-corrected chi connectivity index (χ1v) is 12.6. The minimum atomic E-state index is 0. The molecule has 0 unspecified atom stereocenters. The van der Waals surface area contributed by atoms with Crippen molar-refractivity contribution in [1.82, 2.24) is 0 Å². The summed E-state index contributed by atoms with van der Waals surface area (Å²) in [6.45, 7) is 5.48. The van der Waals surface area contributed by atoms with Gasteiger partial charge in [-0.05, 0) is 24.3 Å². The molecule has 0 aliphatic carbocycles. The van der Waals surface area contributed by atoms with E-state index < -0.39 is 0 Å². The Kier molecular flexibility index (Phi) is 27.2. The molecular weight excluding hydrogens is 670 g/mol. The van der Waals surface area contributed by atoms with Crippen molar-refractivity contribution in [1.29, 1.82) is 0 Å². The summed E-state index contributed by atoms with van der Waals surface area (Å²) in [6, 6.07) is 15.1. The Bertz CT molecular complexity index is 808. The minimum Gasteiger partial charge on any atom is -0.753 e. The second-order valence-electron chi connectivity index (χ2n) is 6.92. The number of rotatable bonds is 0. The summed E-state index contributed by atoms with van der Waals surface area (Å²) in [6.07, 6.45) is 0. The smallest absolute Gasteiger partial charge is 0.753 e. The normalized spacial score (nSPS) is 15.4. The number of isothiocyanates is 2. The average molecular weight is 702 g/mol. The van der Waals surface area contributed by atoms with Crippen molar-refractivity contribution < 1.29 is 37.9 Å². The van der Waals surface area contributed by atoms with E-state index in [9.17, 15) is 0 Å². The van der Waals surface area contributed by atoms with Gasteiger partial charge in [0.25, 0.3) is 0 Å². The molecule has 0 spiro atoms. The molecule has 39 heavy (non-hydrogen) atoms. The Morgan fingerprint density at radius 2 is 0.615 bits per heavy atom. The van der Waals surface area contributed by atoms with Crippen LogP contribution >= 0.6 is 24.4 Å². The van der Waals surface area contributed by atoms with Gasteiger partial charge in [-0.3, -0.25) is 0 Å². The number of nitrogens with zero attached hydrogens (tertiary/aromatic N) is 2. The molecule has 0 saturated heterocycles. The summed E-state index contributed by atoms with van der Waals surface area (Å²) < 4.78 is 45.3. The zero-order valence-electron chi connectivity index (χ0n) is 21.8. The third kappa shape index (κ3) is 20.2. The van der Waals surface area contributed by atoms with Crippen LogP contribution in [0.15, 0.2) is 48.5 Å². The molecule has 0 radical (unpaired) electrons. The van der Waals surface area contributed by atoms with Gasteiger partial charge in [0.15, 0.2) is 23.0 Å². The van der Waals surface area contributed by atoms with E-state index >= 15 is 0 Å².